The quantitative estimate of drug-likeness (QED) is 0.117. The Kier molecular flexibility index (Phi) is 13.3. The molecule has 10 nitrogen and oxygen atoms in total. The lowest BCUT2D eigenvalue weighted by Gasteiger charge is -2.43. The van der Waals surface area contributed by atoms with Crippen LogP contribution in [0.4, 0.5) is 4.79 Å². The smallest absolute Gasteiger partial charge is 0.325 e. The summed E-state index contributed by atoms with van der Waals surface area (Å²) in [5.74, 6) is -0.507. The van der Waals surface area contributed by atoms with Crippen LogP contribution in [-0.4, -0.2) is 66.0 Å². The number of ether oxygens (including phenoxy) is 3. The normalized spacial score (nSPS) is 20.0. The molecule has 4 aromatic carbocycles. The van der Waals surface area contributed by atoms with Gasteiger partial charge in [0.2, 0.25) is 0 Å². The number of urea groups is 1. The molecular formula is C41H49N3O7. The van der Waals surface area contributed by atoms with Crippen LogP contribution in [0, 0.1) is 5.92 Å². The summed E-state index contributed by atoms with van der Waals surface area (Å²) in [5, 5.41) is 26.1. The fourth-order valence-electron chi connectivity index (χ4n) is 6.33. The van der Waals surface area contributed by atoms with E-state index >= 15 is 0 Å². The average molecular weight is 696 g/mol. The molecule has 4 aromatic rings. The summed E-state index contributed by atoms with van der Waals surface area (Å²) in [5.41, 5.74) is 6.40. The number of carbonyl (C=O) groups excluding carboxylic acids is 2. The second-order valence-electron chi connectivity index (χ2n) is 13.0. The monoisotopic (exact) mass is 695 g/mol. The van der Waals surface area contributed by atoms with E-state index in [1.54, 1.807) is 6.92 Å². The van der Waals surface area contributed by atoms with Gasteiger partial charge in [0.1, 0.15) is 6.54 Å². The minimum atomic E-state index is -0.659. The van der Waals surface area contributed by atoms with E-state index in [2.05, 4.69) is 22.5 Å². The molecule has 10 heteroatoms. The number of rotatable bonds is 14. The van der Waals surface area contributed by atoms with Crippen molar-refractivity contribution in [3.05, 3.63) is 131 Å². The minimum Gasteiger partial charge on any atom is -0.465 e. The van der Waals surface area contributed by atoms with Crippen LogP contribution in [0.1, 0.15) is 67.1 Å². The van der Waals surface area contributed by atoms with Crippen molar-refractivity contribution in [3.63, 3.8) is 0 Å². The van der Waals surface area contributed by atoms with Gasteiger partial charge in [0.05, 0.1) is 31.5 Å². The first-order valence-corrected chi connectivity index (χ1v) is 17.5. The summed E-state index contributed by atoms with van der Waals surface area (Å²) in [4.78, 5) is 26.1. The first kappa shape index (κ1) is 37.7. The Morgan fingerprint density at radius 2 is 1.55 bits per heavy atom. The van der Waals surface area contributed by atoms with E-state index in [0.29, 0.717) is 6.54 Å². The van der Waals surface area contributed by atoms with Crippen LogP contribution < -0.4 is 10.6 Å². The fraction of sp³-hybridized carbons (Fsp3) is 0.366. The van der Waals surface area contributed by atoms with Crippen LogP contribution in [0.3, 0.4) is 0 Å². The maximum absolute atomic E-state index is 12.3. The molecule has 0 spiro atoms. The first-order chi connectivity index (χ1) is 24.7. The van der Waals surface area contributed by atoms with Gasteiger partial charge in [-0.1, -0.05) is 110 Å². The summed E-state index contributed by atoms with van der Waals surface area (Å²) in [6.07, 6.45) is -1.80. The predicted octanol–water partition coefficient (Wildman–Crippen LogP) is 6.05. The van der Waals surface area contributed by atoms with Gasteiger partial charge in [-0.05, 0) is 54.3 Å². The molecular weight excluding hydrogens is 646 g/mol. The molecule has 51 heavy (non-hydrogen) atoms. The molecule has 0 bridgehead atoms. The number of hydrogen-bond acceptors (Lipinski definition) is 8. The summed E-state index contributed by atoms with van der Waals surface area (Å²) in [6, 6.07) is 32.8. The van der Waals surface area contributed by atoms with Crippen LogP contribution >= 0.6 is 0 Å². The van der Waals surface area contributed by atoms with Crippen LogP contribution in [0.5, 0.6) is 0 Å². The minimum absolute atomic E-state index is 0.0158. The highest BCUT2D eigenvalue weighted by Gasteiger charge is 2.39. The summed E-state index contributed by atoms with van der Waals surface area (Å²) in [6.45, 7) is 6.72. The number of hydrogen-bond donors (Lipinski definition) is 4. The van der Waals surface area contributed by atoms with Crippen molar-refractivity contribution in [2.24, 2.45) is 5.92 Å². The molecule has 2 amide bonds. The van der Waals surface area contributed by atoms with Gasteiger partial charge in [-0.25, -0.2) is 4.79 Å². The van der Waals surface area contributed by atoms with Crippen LogP contribution in [0.25, 0.3) is 11.1 Å². The highest BCUT2D eigenvalue weighted by molar-refractivity contribution is 5.81. The van der Waals surface area contributed by atoms with Crippen LogP contribution in [0.2, 0.25) is 0 Å². The molecule has 0 saturated carbocycles. The Hall–Kier alpha value is -4.58. The van der Waals surface area contributed by atoms with Crippen molar-refractivity contribution in [3.8, 4) is 11.1 Å². The Morgan fingerprint density at radius 1 is 0.882 bits per heavy atom. The average Bonchev–Trinajstić information content (AvgIpc) is 3.17. The van der Waals surface area contributed by atoms with Gasteiger partial charge in [-0.15, -0.1) is 0 Å². The van der Waals surface area contributed by atoms with Crippen molar-refractivity contribution in [2.75, 3.05) is 26.7 Å². The molecule has 270 valence electrons. The Morgan fingerprint density at radius 3 is 2.24 bits per heavy atom. The van der Waals surface area contributed by atoms with Crippen molar-refractivity contribution in [1.82, 2.24) is 15.5 Å². The highest BCUT2D eigenvalue weighted by Crippen LogP contribution is 2.42. The van der Waals surface area contributed by atoms with Gasteiger partial charge in [0.25, 0.3) is 0 Å². The zero-order valence-corrected chi connectivity index (χ0v) is 29.7. The van der Waals surface area contributed by atoms with Gasteiger partial charge >= 0.3 is 12.0 Å². The molecule has 1 fully saturated rings. The summed E-state index contributed by atoms with van der Waals surface area (Å²) < 4.78 is 18.3. The lowest BCUT2D eigenvalue weighted by molar-refractivity contribution is -0.276. The summed E-state index contributed by atoms with van der Waals surface area (Å²) >= 11 is 0. The largest absolute Gasteiger partial charge is 0.465 e. The van der Waals surface area contributed by atoms with Crippen molar-refractivity contribution >= 4 is 12.0 Å². The number of aliphatic hydroxyl groups excluding tert-OH is 2. The van der Waals surface area contributed by atoms with E-state index in [9.17, 15) is 19.8 Å². The van der Waals surface area contributed by atoms with Crippen molar-refractivity contribution in [1.29, 1.82) is 0 Å². The molecule has 5 rings (SSSR count). The Bertz CT molecular complexity index is 1700. The van der Waals surface area contributed by atoms with Gasteiger partial charge < -0.3 is 35.1 Å². The Labute approximate surface area is 300 Å². The van der Waals surface area contributed by atoms with Crippen molar-refractivity contribution in [2.45, 2.75) is 64.6 Å². The van der Waals surface area contributed by atoms with Gasteiger partial charge in [0, 0.05) is 30.6 Å². The number of esters is 1. The first-order valence-electron chi connectivity index (χ1n) is 17.5. The topological polar surface area (TPSA) is 130 Å². The third-order valence-corrected chi connectivity index (χ3v) is 9.53. The second kappa shape index (κ2) is 18.1. The van der Waals surface area contributed by atoms with Gasteiger partial charge in [-0.3, -0.25) is 9.69 Å². The van der Waals surface area contributed by atoms with Gasteiger partial charge in [0.15, 0.2) is 6.29 Å². The van der Waals surface area contributed by atoms with E-state index in [1.807, 2.05) is 117 Å². The lowest BCUT2D eigenvalue weighted by Crippen LogP contribution is -2.46. The molecule has 1 aliphatic rings. The molecule has 1 saturated heterocycles. The maximum atomic E-state index is 12.3. The summed E-state index contributed by atoms with van der Waals surface area (Å²) in [7, 11) is 2.01. The molecule has 0 aliphatic carbocycles. The van der Waals surface area contributed by atoms with Gasteiger partial charge in [-0.2, -0.15) is 0 Å². The second-order valence-corrected chi connectivity index (χ2v) is 13.0. The molecule has 6 atom stereocenters. The maximum Gasteiger partial charge on any atom is 0.325 e. The highest BCUT2D eigenvalue weighted by atomic mass is 16.7. The number of nitrogens with zero attached hydrogens (tertiary/aromatic N) is 1. The SMILES string of the molecule is CCOC(=O)CNC(=O)NCc1ccccc1-c1ccc([C@H]2O[C@@H](CN(C)[C@H](C)[C@@H](O)c3ccccc3)[C@@H](C)[C@@H](c3ccc(CO)cc3)O2)cc1. The number of likely N-dealkylation sites (N-methyl/N-ethyl adjacent to an activating group) is 1. The molecule has 1 aliphatic heterocycles. The molecule has 4 N–H and O–H groups in total. The predicted molar refractivity (Wildman–Crippen MR) is 195 cm³/mol. The molecule has 0 unspecified atom stereocenters. The molecule has 1 heterocycles. The van der Waals surface area contributed by atoms with E-state index < -0.39 is 24.4 Å². The number of carbonyl (C=O) groups is 2. The molecule has 0 aromatic heterocycles. The fourth-order valence-corrected chi connectivity index (χ4v) is 6.33. The van der Waals surface area contributed by atoms with E-state index in [1.165, 1.54) is 0 Å². The number of benzene rings is 4. The number of aliphatic hydroxyl groups is 2. The van der Waals surface area contributed by atoms with Crippen LogP contribution in [-0.2, 0) is 32.2 Å². The number of amides is 2. The van der Waals surface area contributed by atoms with E-state index in [0.717, 1.165) is 38.9 Å². The zero-order valence-electron chi connectivity index (χ0n) is 29.7. The zero-order chi connectivity index (χ0) is 36.3. The standard InChI is InChI=1S/C41H49N3O7/c1-5-49-37(46)24-43-41(48)42-23-34-13-9-10-14-35(34)30-19-21-33(22-20-30)40-50-36(25-44(4)28(3)38(47)31-11-7-6-8-12-31)27(2)39(51-40)32-17-15-29(26-45)16-18-32/h6-22,27-28,36,38-40,45,47H,5,23-26H2,1-4H3,(H2,42,43,48)/t27-,28-,36+,38-,39+,40+/m1/s1. The molecule has 0 radical (unpaired) electrons. The van der Waals surface area contributed by atoms with E-state index in [4.69, 9.17) is 14.2 Å². The third kappa shape index (κ3) is 9.81. The van der Waals surface area contributed by atoms with E-state index in [-0.39, 0.29) is 50.5 Å². The third-order valence-electron chi connectivity index (χ3n) is 9.53. The lowest BCUT2D eigenvalue weighted by atomic mass is 9.89. The van der Waals surface area contributed by atoms with Crippen molar-refractivity contribution < 1.29 is 34.0 Å². The Balaban J connectivity index is 1.33. The number of nitrogens with one attached hydrogen (secondary N) is 2. The van der Waals surface area contributed by atoms with Crippen LogP contribution in [0.15, 0.2) is 103 Å².